The van der Waals surface area contributed by atoms with Gasteiger partial charge >= 0.3 is 0 Å². The molecule has 1 aliphatic carbocycles. The van der Waals surface area contributed by atoms with Crippen LogP contribution in [0.4, 0.5) is 0 Å². The van der Waals surface area contributed by atoms with Crippen LogP contribution < -0.4 is 0 Å². The first-order chi connectivity index (χ1) is 8.66. The summed E-state index contributed by atoms with van der Waals surface area (Å²) in [6, 6.07) is 15.4. The summed E-state index contributed by atoms with van der Waals surface area (Å²) in [5.74, 6) is 0.502. The first kappa shape index (κ1) is 11.3. The molecule has 3 rings (SSSR count). The van der Waals surface area contributed by atoms with Gasteiger partial charge in [0, 0.05) is 5.92 Å². The van der Waals surface area contributed by atoms with E-state index in [0.29, 0.717) is 5.92 Å². The van der Waals surface area contributed by atoms with Gasteiger partial charge in [-0.15, -0.1) is 0 Å². The van der Waals surface area contributed by atoms with Gasteiger partial charge in [-0.05, 0) is 41.7 Å². The lowest BCUT2D eigenvalue weighted by Gasteiger charge is -2.14. The highest BCUT2D eigenvalue weighted by Gasteiger charge is 2.22. The molecule has 0 aliphatic heterocycles. The van der Waals surface area contributed by atoms with Crippen molar-refractivity contribution in [1.29, 1.82) is 0 Å². The van der Waals surface area contributed by atoms with Crippen molar-refractivity contribution in [3.05, 3.63) is 70.3 Å². The van der Waals surface area contributed by atoms with Crippen LogP contribution in [0, 0.1) is 13.8 Å². The Kier molecular flexibility index (Phi) is 2.59. The SMILES string of the molecule is Cc1ccc(C2=Cc3ccccc3C2C)c(C)c1. The highest BCUT2D eigenvalue weighted by molar-refractivity contribution is 5.92. The molecule has 0 aromatic heterocycles. The van der Waals surface area contributed by atoms with E-state index in [4.69, 9.17) is 0 Å². The molecule has 1 aliphatic rings. The van der Waals surface area contributed by atoms with Crippen LogP contribution in [0.15, 0.2) is 42.5 Å². The number of allylic oxidation sites excluding steroid dienone is 1. The molecule has 0 N–H and O–H groups in total. The molecule has 18 heavy (non-hydrogen) atoms. The van der Waals surface area contributed by atoms with Crippen molar-refractivity contribution in [3.63, 3.8) is 0 Å². The van der Waals surface area contributed by atoms with Crippen molar-refractivity contribution in [1.82, 2.24) is 0 Å². The topological polar surface area (TPSA) is 0 Å². The molecule has 0 bridgehead atoms. The van der Waals surface area contributed by atoms with Gasteiger partial charge < -0.3 is 0 Å². The largest absolute Gasteiger partial charge is 0.0619 e. The van der Waals surface area contributed by atoms with Crippen LogP contribution in [-0.2, 0) is 0 Å². The Labute approximate surface area is 109 Å². The number of aryl methyl sites for hydroxylation is 2. The van der Waals surface area contributed by atoms with Gasteiger partial charge in [-0.3, -0.25) is 0 Å². The van der Waals surface area contributed by atoms with E-state index in [1.807, 2.05) is 0 Å². The highest BCUT2D eigenvalue weighted by Crippen LogP contribution is 2.42. The van der Waals surface area contributed by atoms with Crippen LogP contribution in [0.1, 0.15) is 40.7 Å². The Morgan fingerprint density at radius 3 is 2.44 bits per heavy atom. The minimum Gasteiger partial charge on any atom is -0.0619 e. The normalized spacial score (nSPS) is 17.5. The van der Waals surface area contributed by atoms with Crippen molar-refractivity contribution in [2.45, 2.75) is 26.7 Å². The lowest BCUT2D eigenvalue weighted by molar-refractivity contribution is 1.01. The molecule has 2 aromatic rings. The molecule has 0 nitrogen and oxygen atoms in total. The lowest BCUT2D eigenvalue weighted by atomic mass is 9.90. The average molecular weight is 234 g/mol. The highest BCUT2D eigenvalue weighted by atomic mass is 14.3. The molecule has 0 amide bonds. The van der Waals surface area contributed by atoms with Crippen molar-refractivity contribution < 1.29 is 0 Å². The summed E-state index contributed by atoms with van der Waals surface area (Å²) in [5.41, 5.74) is 8.38. The summed E-state index contributed by atoms with van der Waals surface area (Å²) in [6.45, 7) is 6.66. The van der Waals surface area contributed by atoms with E-state index in [0.717, 1.165) is 0 Å². The van der Waals surface area contributed by atoms with E-state index >= 15 is 0 Å². The second-order valence-electron chi connectivity index (χ2n) is 5.27. The second-order valence-corrected chi connectivity index (χ2v) is 5.27. The van der Waals surface area contributed by atoms with E-state index in [9.17, 15) is 0 Å². The molecule has 0 heterocycles. The van der Waals surface area contributed by atoms with Gasteiger partial charge in [-0.1, -0.05) is 61.0 Å². The fraction of sp³-hybridized carbons (Fsp3) is 0.222. The molecule has 0 radical (unpaired) electrons. The first-order valence-electron chi connectivity index (χ1n) is 6.55. The summed E-state index contributed by atoms with van der Waals surface area (Å²) >= 11 is 0. The van der Waals surface area contributed by atoms with Crippen molar-refractivity contribution in [2.75, 3.05) is 0 Å². The standard InChI is InChI=1S/C18H18/c1-12-8-9-16(13(2)10-12)18-11-15-6-4-5-7-17(15)14(18)3/h4-11,14H,1-3H3. The molecule has 0 saturated carbocycles. The Hall–Kier alpha value is -1.82. The van der Waals surface area contributed by atoms with Crippen molar-refractivity contribution in [3.8, 4) is 0 Å². The molecule has 0 spiro atoms. The maximum absolute atomic E-state index is 2.34. The summed E-state index contributed by atoms with van der Waals surface area (Å²) in [7, 11) is 0. The lowest BCUT2D eigenvalue weighted by Crippen LogP contribution is -1.95. The smallest absolute Gasteiger partial charge is 0.00731 e. The van der Waals surface area contributed by atoms with Gasteiger partial charge in [-0.25, -0.2) is 0 Å². The predicted molar refractivity (Wildman–Crippen MR) is 78.6 cm³/mol. The fourth-order valence-corrected chi connectivity index (χ4v) is 2.95. The van der Waals surface area contributed by atoms with E-state index in [-0.39, 0.29) is 0 Å². The first-order valence-corrected chi connectivity index (χ1v) is 6.55. The van der Waals surface area contributed by atoms with Crippen LogP contribution >= 0.6 is 0 Å². The minimum atomic E-state index is 0.502. The summed E-state index contributed by atoms with van der Waals surface area (Å²) in [4.78, 5) is 0. The van der Waals surface area contributed by atoms with Crippen LogP contribution in [0.25, 0.3) is 11.6 Å². The van der Waals surface area contributed by atoms with Gasteiger partial charge in [-0.2, -0.15) is 0 Å². The third-order valence-corrected chi connectivity index (χ3v) is 3.93. The van der Waals surface area contributed by atoms with Crippen LogP contribution in [0.3, 0.4) is 0 Å². The van der Waals surface area contributed by atoms with Gasteiger partial charge in [0.2, 0.25) is 0 Å². The molecular weight excluding hydrogens is 216 g/mol. The summed E-state index contributed by atoms with van der Waals surface area (Å²) in [6.07, 6.45) is 2.34. The number of hydrogen-bond acceptors (Lipinski definition) is 0. The Bertz CT molecular complexity index is 632. The van der Waals surface area contributed by atoms with E-state index in [2.05, 4.69) is 69.3 Å². The zero-order chi connectivity index (χ0) is 12.7. The Morgan fingerprint density at radius 2 is 1.72 bits per heavy atom. The molecule has 0 fully saturated rings. The zero-order valence-electron chi connectivity index (χ0n) is 11.2. The predicted octanol–water partition coefficient (Wildman–Crippen LogP) is 4.96. The van der Waals surface area contributed by atoms with Crippen LogP contribution in [0.5, 0.6) is 0 Å². The quantitative estimate of drug-likeness (QED) is 0.654. The van der Waals surface area contributed by atoms with Crippen LogP contribution in [-0.4, -0.2) is 0 Å². The van der Waals surface area contributed by atoms with Gasteiger partial charge in [0.15, 0.2) is 0 Å². The number of hydrogen-bond donors (Lipinski definition) is 0. The van der Waals surface area contributed by atoms with Crippen molar-refractivity contribution >= 4 is 11.6 Å². The number of benzene rings is 2. The molecular formula is C18H18. The van der Waals surface area contributed by atoms with E-state index in [1.165, 1.54) is 33.4 Å². The van der Waals surface area contributed by atoms with Gasteiger partial charge in [0.1, 0.15) is 0 Å². The van der Waals surface area contributed by atoms with Gasteiger partial charge in [0.25, 0.3) is 0 Å². The second kappa shape index (κ2) is 4.13. The molecule has 0 saturated heterocycles. The molecule has 90 valence electrons. The Balaban J connectivity index is 2.10. The monoisotopic (exact) mass is 234 g/mol. The molecule has 1 atom stereocenters. The number of fused-ring (bicyclic) bond motifs is 1. The third-order valence-electron chi connectivity index (χ3n) is 3.93. The molecule has 1 unspecified atom stereocenters. The molecule has 2 aromatic carbocycles. The average Bonchev–Trinajstić information content (AvgIpc) is 2.68. The third kappa shape index (κ3) is 1.69. The fourth-order valence-electron chi connectivity index (χ4n) is 2.95. The van der Waals surface area contributed by atoms with Crippen molar-refractivity contribution in [2.24, 2.45) is 0 Å². The van der Waals surface area contributed by atoms with Crippen LogP contribution in [0.2, 0.25) is 0 Å². The number of rotatable bonds is 1. The minimum absolute atomic E-state index is 0.502. The molecule has 0 heteroatoms. The van der Waals surface area contributed by atoms with E-state index < -0.39 is 0 Å². The maximum Gasteiger partial charge on any atom is 0.00731 e. The summed E-state index contributed by atoms with van der Waals surface area (Å²) in [5, 5.41) is 0. The summed E-state index contributed by atoms with van der Waals surface area (Å²) < 4.78 is 0. The van der Waals surface area contributed by atoms with Gasteiger partial charge in [0.05, 0.1) is 0 Å². The van der Waals surface area contributed by atoms with E-state index in [1.54, 1.807) is 0 Å². The Morgan fingerprint density at radius 1 is 0.944 bits per heavy atom. The maximum atomic E-state index is 2.34. The zero-order valence-corrected chi connectivity index (χ0v) is 11.2.